The van der Waals surface area contributed by atoms with Gasteiger partial charge in [0.1, 0.15) is 28.5 Å². The summed E-state index contributed by atoms with van der Waals surface area (Å²) in [6.45, 7) is 0. The third-order valence-corrected chi connectivity index (χ3v) is 6.44. The number of nitrogens with one attached hydrogen (secondary N) is 1. The highest BCUT2D eigenvalue weighted by molar-refractivity contribution is 5.94. The standard InChI is InChI=1S/C28H29N3O4/c1-33-22-13-7-6-12-21(22)28(32)35-23-16-15-19(18-24(23)34-2)26-27(29-20-10-4-3-5-11-20)31-17-9-8-14-25(31)30-26/h6-9,12-18,20,29H,3-5,10-11H2,1-2H3. The van der Waals surface area contributed by atoms with E-state index in [9.17, 15) is 4.79 Å². The predicted molar refractivity (Wildman–Crippen MR) is 136 cm³/mol. The first-order chi connectivity index (χ1) is 17.2. The van der Waals surface area contributed by atoms with Gasteiger partial charge in [-0.05, 0) is 55.3 Å². The Hall–Kier alpha value is -4.00. The Kier molecular flexibility index (Phi) is 6.57. The van der Waals surface area contributed by atoms with Crippen LogP contribution >= 0.6 is 0 Å². The minimum absolute atomic E-state index is 0.331. The summed E-state index contributed by atoms with van der Waals surface area (Å²) in [6.07, 6.45) is 8.11. The molecule has 35 heavy (non-hydrogen) atoms. The number of para-hydroxylation sites is 1. The van der Waals surface area contributed by atoms with E-state index in [2.05, 4.69) is 9.72 Å². The van der Waals surface area contributed by atoms with E-state index in [4.69, 9.17) is 19.2 Å². The average Bonchev–Trinajstić information content (AvgIpc) is 3.27. The van der Waals surface area contributed by atoms with Gasteiger partial charge in [0.2, 0.25) is 0 Å². The number of carbonyl (C=O) groups excluding carboxylic acids is 1. The molecule has 0 aliphatic heterocycles. The van der Waals surface area contributed by atoms with Gasteiger partial charge >= 0.3 is 5.97 Å². The maximum Gasteiger partial charge on any atom is 0.347 e. The van der Waals surface area contributed by atoms with E-state index in [1.165, 1.54) is 26.4 Å². The molecule has 1 saturated carbocycles. The summed E-state index contributed by atoms with van der Waals surface area (Å²) in [5, 5.41) is 3.75. The lowest BCUT2D eigenvalue weighted by atomic mass is 9.95. The predicted octanol–water partition coefficient (Wildman–Crippen LogP) is 5.98. The van der Waals surface area contributed by atoms with Gasteiger partial charge in [-0.25, -0.2) is 9.78 Å². The molecule has 1 fully saturated rings. The summed E-state index contributed by atoms with van der Waals surface area (Å²) in [4.78, 5) is 17.7. The molecule has 0 radical (unpaired) electrons. The molecule has 2 aromatic heterocycles. The summed E-state index contributed by atoms with van der Waals surface area (Å²) in [7, 11) is 3.08. The van der Waals surface area contributed by atoms with Crippen molar-refractivity contribution < 1.29 is 19.0 Å². The van der Waals surface area contributed by atoms with Crippen LogP contribution in [0.3, 0.4) is 0 Å². The minimum Gasteiger partial charge on any atom is -0.496 e. The van der Waals surface area contributed by atoms with Crippen LogP contribution in [0, 0.1) is 0 Å². The van der Waals surface area contributed by atoms with E-state index < -0.39 is 5.97 Å². The Morgan fingerprint density at radius 3 is 2.49 bits per heavy atom. The molecule has 7 heteroatoms. The van der Waals surface area contributed by atoms with Crippen molar-refractivity contribution in [3.8, 4) is 28.5 Å². The number of aromatic nitrogens is 2. The van der Waals surface area contributed by atoms with E-state index in [1.54, 1.807) is 37.4 Å². The number of nitrogens with zero attached hydrogens (tertiary/aromatic N) is 2. The van der Waals surface area contributed by atoms with E-state index in [1.807, 2.05) is 36.5 Å². The van der Waals surface area contributed by atoms with E-state index in [-0.39, 0.29) is 0 Å². The second kappa shape index (κ2) is 10.1. The number of fused-ring (bicyclic) bond motifs is 1. The van der Waals surface area contributed by atoms with Crippen molar-refractivity contribution in [2.24, 2.45) is 0 Å². The van der Waals surface area contributed by atoms with Crippen molar-refractivity contribution >= 4 is 17.4 Å². The van der Waals surface area contributed by atoms with Crippen molar-refractivity contribution in [2.45, 2.75) is 38.1 Å². The third-order valence-electron chi connectivity index (χ3n) is 6.44. The molecule has 2 heterocycles. The summed E-state index contributed by atoms with van der Waals surface area (Å²) in [5.74, 6) is 1.69. The monoisotopic (exact) mass is 471 g/mol. The molecule has 0 spiro atoms. The number of hydrogen-bond donors (Lipinski definition) is 1. The van der Waals surface area contributed by atoms with E-state index in [0.717, 1.165) is 35.6 Å². The summed E-state index contributed by atoms with van der Waals surface area (Å²) in [6, 6.07) is 18.9. The van der Waals surface area contributed by atoms with Gasteiger partial charge in [-0.15, -0.1) is 0 Å². The molecule has 1 N–H and O–H groups in total. The zero-order valence-corrected chi connectivity index (χ0v) is 20.0. The van der Waals surface area contributed by atoms with Crippen LogP contribution in [0.5, 0.6) is 17.2 Å². The number of rotatable bonds is 7. The first-order valence-corrected chi connectivity index (χ1v) is 11.9. The molecule has 1 aliphatic rings. The highest BCUT2D eigenvalue weighted by Gasteiger charge is 2.22. The molecule has 0 amide bonds. The Morgan fingerprint density at radius 2 is 1.69 bits per heavy atom. The second-order valence-corrected chi connectivity index (χ2v) is 8.67. The van der Waals surface area contributed by atoms with Crippen LogP contribution in [0.2, 0.25) is 0 Å². The molecule has 0 saturated heterocycles. The summed E-state index contributed by atoms with van der Waals surface area (Å²) < 4.78 is 18.7. The number of benzene rings is 2. The van der Waals surface area contributed by atoms with Crippen LogP contribution in [0.1, 0.15) is 42.5 Å². The average molecular weight is 472 g/mol. The van der Waals surface area contributed by atoms with Gasteiger partial charge in [0.15, 0.2) is 11.5 Å². The van der Waals surface area contributed by atoms with Crippen LogP contribution < -0.4 is 19.5 Å². The van der Waals surface area contributed by atoms with Crippen LogP contribution in [0.4, 0.5) is 5.82 Å². The molecule has 0 atom stereocenters. The minimum atomic E-state index is -0.513. The van der Waals surface area contributed by atoms with Gasteiger partial charge in [-0.2, -0.15) is 0 Å². The summed E-state index contributed by atoms with van der Waals surface area (Å²) >= 11 is 0. The molecule has 2 aromatic carbocycles. The van der Waals surface area contributed by atoms with Crippen LogP contribution in [0.15, 0.2) is 66.9 Å². The largest absolute Gasteiger partial charge is 0.496 e. The fraction of sp³-hybridized carbons (Fsp3) is 0.286. The summed E-state index contributed by atoms with van der Waals surface area (Å²) in [5.41, 5.74) is 2.93. The van der Waals surface area contributed by atoms with Gasteiger partial charge in [-0.3, -0.25) is 4.40 Å². The number of ether oxygens (including phenoxy) is 3. The number of anilines is 1. The smallest absolute Gasteiger partial charge is 0.347 e. The Morgan fingerprint density at radius 1 is 0.914 bits per heavy atom. The van der Waals surface area contributed by atoms with Crippen molar-refractivity contribution in [1.82, 2.24) is 9.38 Å². The maximum atomic E-state index is 12.8. The van der Waals surface area contributed by atoms with Gasteiger partial charge in [0.05, 0.1) is 14.2 Å². The normalized spacial score (nSPS) is 14.0. The van der Waals surface area contributed by atoms with E-state index >= 15 is 0 Å². The molecule has 1 aliphatic carbocycles. The van der Waals surface area contributed by atoms with Crippen LogP contribution in [-0.4, -0.2) is 35.6 Å². The van der Waals surface area contributed by atoms with Gasteiger partial charge < -0.3 is 19.5 Å². The Labute approximate surface area is 204 Å². The topological polar surface area (TPSA) is 74.1 Å². The molecular formula is C28H29N3O4. The molecule has 4 aromatic rings. The van der Waals surface area contributed by atoms with Gasteiger partial charge in [0, 0.05) is 17.8 Å². The second-order valence-electron chi connectivity index (χ2n) is 8.67. The highest BCUT2D eigenvalue weighted by Crippen LogP contribution is 2.37. The maximum absolute atomic E-state index is 12.8. The lowest BCUT2D eigenvalue weighted by Crippen LogP contribution is -2.23. The van der Waals surface area contributed by atoms with E-state index in [0.29, 0.717) is 28.9 Å². The molecular weight excluding hydrogens is 442 g/mol. The van der Waals surface area contributed by atoms with Crippen molar-refractivity contribution in [2.75, 3.05) is 19.5 Å². The first kappa shape index (κ1) is 22.8. The quantitative estimate of drug-likeness (QED) is 0.264. The highest BCUT2D eigenvalue weighted by atomic mass is 16.6. The Balaban J connectivity index is 1.48. The fourth-order valence-electron chi connectivity index (χ4n) is 4.64. The fourth-order valence-corrected chi connectivity index (χ4v) is 4.64. The van der Waals surface area contributed by atoms with Crippen LogP contribution in [0.25, 0.3) is 16.9 Å². The lowest BCUT2D eigenvalue weighted by molar-refractivity contribution is 0.0726. The van der Waals surface area contributed by atoms with Crippen molar-refractivity contribution in [3.05, 3.63) is 72.4 Å². The number of pyridine rings is 1. The SMILES string of the molecule is COc1cc(-c2nc3ccccn3c2NC2CCCCC2)ccc1OC(=O)c1ccccc1OC. The van der Waals surface area contributed by atoms with Crippen LogP contribution in [-0.2, 0) is 0 Å². The molecule has 0 unspecified atom stereocenters. The lowest BCUT2D eigenvalue weighted by Gasteiger charge is -2.24. The third kappa shape index (κ3) is 4.67. The van der Waals surface area contributed by atoms with Gasteiger partial charge in [-0.1, -0.05) is 37.5 Å². The first-order valence-electron chi connectivity index (χ1n) is 11.9. The molecule has 0 bridgehead atoms. The number of imidazole rings is 1. The van der Waals surface area contributed by atoms with Gasteiger partial charge in [0.25, 0.3) is 0 Å². The number of carbonyl (C=O) groups is 1. The molecule has 180 valence electrons. The zero-order valence-electron chi connectivity index (χ0n) is 20.0. The van der Waals surface area contributed by atoms with Crippen molar-refractivity contribution in [3.63, 3.8) is 0 Å². The van der Waals surface area contributed by atoms with Crippen molar-refractivity contribution in [1.29, 1.82) is 0 Å². The Bertz CT molecular complexity index is 1340. The molecule has 5 rings (SSSR count). The zero-order chi connectivity index (χ0) is 24.2. The number of esters is 1. The molecule has 7 nitrogen and oxygen atoms in total. The number of hydrogen-bond acceptors (Lipinski definition) is 6. The number of methoxy groups -OCH3 is 2.